The molecule has 2 aromatic carbocycles. The molecule has 0 radical (unpaired) electrons. The molecule has 3 aromatic rings. The van der Waals surface area contributed by atoms with Crippen molar-refractivity contribution in [2.45, 2.75) is 31.8 Å². The Morgan fingerprint density at radius 3 is 2.68 bits per heavy atom. The van der Waals surface area contributed by atoms with E-state index in [9.17, 15) is 0 Å². The third-order valence-electron chi connectivity index (χ3n) is 5.63. The zero-order valence-corrected chi connectivity index (χ0v) is 16.1. The van der Waals surface area contributed by atoms with Crippen molar-refractivity contribution in [3.8, 4) is 0 Å². The minimum Gasteiger partial charge on any atom is -0.377 e. The predicted octanol–water partition coefficient (Wildman–Crippen LogP) is 4.69. The number of nitrogens with one attached hydrogen (secondary N) is 2. The molecule has 0 bridgehead atoms. The Morgan fingerprint density at radius 2 is 1.89 bits per heavy atom. The number of hydrazone groups is 1. The molecule has 3 heterocycles. The molecule has 5 rings (SSSR count). The number of hydrogen-bond donors (Lipinski definition) is 2. The fourth-order valence-corrected chi connectivity index (χ4v) is 4.31. The first-order chi connectivity index (χ1) is 13.6. The number of nitrogens with zero attached hydrogens (tertiary/aromatic N) is 3. The van der Waals surface area contributed by atoms with Crippen LogP contribution in [-0.4, -0.2) is 15.3 Å². The lowest BCUT2D eigenvalue weighted by molar-refractivity contribution is 0.546. The van der Waals surface area contributed by atoms with E-state index in [2.05, 4.69) is 89.3 Å². The average Bonchev–Trinajstić information content (AvgIpc) is 3.20. The molecule has 0 spiro atoms. The summed E-state index contributed by atoms with van der Waals surface area (Å²) >= 11 is 0. The van der Waals surface area contributed by atoms with Crippen LogP contribution in [0.3, 0.4) is 0 Å². The van der Waals surface area contributed by atoms with E-state index in [0.29, 0.717) is 6.04 Å². The third-order valence-corrected chi connectivity index (χ3v) is 5.63. The van der Waals surface area contributed by atoms with Gasteiger partial charge in [-0.15, -0.1) is 0 Å². The summed E-state index contributed by atoms with van der Waals surface area (Å²) in [5.74, 6) is 0.0292. The van der Waals surface area contributed by atoms with Crippen molar-refractivity contribution in [3.05, 3.63) is 90.0 Å². The largest absolute Gasteiger partial charge is 0.377 e. The molecule has 2 unspecified atom stereocenters. The Labute approximate surface area is 164 Å². The summed E-state index contributed by atoms with van der Waals surface area (Å²) in [7, 11) is 0. The highest BCUT2D eigenvalue weighted by Crippen LogP contribution is 2.45. The van der Waals surface area contributed by atoms with Crippen LogP contribution in [0.2, 0.25) is 0 Å². The van der Waals surface area contributed by atoms with Crippen LogP contribution in [0.1, 0.15) is 54.2 Å². The number of anilines is 1. The van der Waals surface area contributed by atoms with Gasteiger partial charge in [0.15, 0.2) is 0 Å². The van der Waals surface area contributed by atoms with Gasteiger partial charge < -0.3 is 9.88 Å². The van der Waals surface area contributed by atoms with Crippen LogP contribution in [0.5, 0.6) is 0 Å². The van der Waals surface area contributed by atoms with Gasteiger partial charge in [-0.1, -0.05) is 49.0 Å². The summed E-state index contributed by atoms with van der Waals surface area (Å²) in [6, 6.07) is 17.2. The van der Waals surface area contributed by atoms with Crippen LogP contribution in [0, 0.1) is 0 Å². The number of imidazole rings is 1. The minimum atomic E-state index is 0.0292. The average molecular weight is 369 g/mol. The van der Waals surface area contributed by atoms with Crippen molar-refractivity contribution < 1.29 is 0 Å². The molecule has 0 amide bonds. The number of rotatable bonds is 3. The Hall–Kier alpha value is -3.34. The van der Waals surface area contributed by atoms with E-state index in [1.807, 2.05) is 12.5 Å². The molecule has 2 N–H and O–H groups in total. The Balaban J connectivity index is 1.76. The van der Waals surface area contributed by atoms with Gasteiger partial charge in [0.05, 0.1) is 29.7 Å². The standard InChI is InChI=1S/C23H23N5/c1-14(2)28-13-24-12-19(28)21-22(16-8-5-4-6-9-16)25-18-11-7-10-17-15(3)26-27-23(21)20(17)18/h4-14,21-22,25-26H,3H2,1-2H3. The van der Waals surface area contributed by atoms with Gasteiger partial charge in [0, 0.05) is 34.7 Å². The highest BCUT2D eigenvalue weighted by Gasteiger charge is 2.40. The van der Waals surface area contributed by atoms with Gasteiger partial charge in [0.2, 0.25) is 0 Å². The first-order valence-corrected chi connectivity index (χ1v) is 9.64. The smallest absolute Gasteiger partial charge is 0.0950 e. The molecule has 2 atom stereocenters. The summed E-state index contributed by atoms with van der Waals surface area (Å²) in [6.07, 6.45) is 3.89. The van der Waals surface area contributed by atoms with Gasteiger partial charge in [-0.2, -0.15) is 5.10 Å². The maximum Gasteiger partial charge on any atom is 0.0950 e. The van der Waals surface area contributed by atoms with E-state index in [1.165, 1.54) is 5.56 Å². The molecule has 28 heavy (non-hydrogen) atoms. The molecule has 0 saturated heterocycles. The number of benzene rings is 2. The van der Waals surface area contributed by atoms with E-state index in [-0.39, 0.29) is 12.0 Å². The Kier molecular flexibility index (Phi) is 3.83. The normalized spacial score (nSPS) is 20.2. The first kappa shape index (κ1) is 16.8. The van der Waals surface area contributed by atoms with Crippen LogP contribution in [0.25, 0.3) is 5.70 Å². The van der Waals surface area contributed by atoms with Crippen molar-refractivity contribution in [1.29, 1.82) is 0 Å². The fraction of sp³-hybridized carbons (Fsp3) is 0.217. The fourth-order valence-electron chi connectivity index (χ4n) is 4.31. The summed E-state index contributed by atoms with van der Waals surface area (Å²) in [5.41, 5.74) is 10.7. The van der Waals surface area contributed by atoms with Gasteiger partial charge in [-0.25, -0.2) is 4.98 Å². The van der Waals surface area contributed by atoms with E-state index in [0.717, 1.165) is 33.9 Å². The van der Waals surface area contributed by atoms with Crippen LogP contribution in [0.15, 0.2) is 72.7 Å². The van der Waals surface area contributed by atoms with Crippen molar-refractivity contribution >= 4 is 17.1 Å². The highest BCUT2D eigenvalue weighted by molar-refractivity contribution is 6.15. The third kappa shape index (κ3) is 2.47. The Morgan fingerprint density at radius 1 is 1.07 bits per heavy atom. The summed E-state index contributed by atoms with van der Waals surface area (Å²) in [5, 5.41) is 8.57. The maximum atomic E-state index is 4.78. The quantitative estimate of drug-likeness (QED) is 0.704. The van der Waals surface area contributed by atoms with Gasteiger partial charge in [0.1, 0.15) is 0 Å². The van der Waals surface area contributed by atoms with Gasteiger partial charge in [0.25, 0.3) is 0 Å². The lowest BCUT2D eigenvalue weighted by atomic mass is 9.77. The zero-order chi connectivity index (χ0) is 19.3. The van der Waals surface area contributed by atoms with E-state index >= 15 is 0 Å². The van der Waals surface area contributed by atoms with Gasteiger partial charge in [-0.3, -0.25) is 5.43 Å². The molecule has 1 aromatic heterocycles. The van der Waals surface area contributed by atoms with E-state index in [1.54, 1.807) is 0 Å². The second-order valence-electron chi connectivity index (χ2n) is 7.65. The molecule has 140 valence electrons. The summed E-state index contributed by atoms with van der Waals surface area (Å²) in [4.78, 5) is 4.47. The topological polar surface area (TPSA) is 54.2 Å². The van der Waals surface area contributed by atoms with Crippen LogP contribution < -0.4 is 10.7 Å². The summed E-state index contributed by atoms with van der Waals surface area (Å²) < 4.78 is 2.24. The molecular formula is C23H23N5. The van der Waals surface area contributed by atoms with Crippen LogP contribution >= 0.6 is 0 Å². The molecule has 2 aliphatic rings. The highest BCUT2D eigenvalue weighted by atomic mass is 15.3. The molecule has 0 aliphatic carbocycles. The number of aromatic nitrogens is 2. The molecule has 2 aliphatic heterocycles. The SMILES string of the molecule is C=C1NN=C2c3c(cccc31)NC(c1ccccc1)C2c1cncn1C(C)C. The predicted molar refractivity (Wildman–Crippen MR) is 113 cm³/mol. The minimum absolute atomic E-state index is 0.0292. The van der Waals surface area contributed by atoms with Crippen molar-refractivity contribution in [2.24, 2.45) is 5.10 Å². The van der Waals surface area contributed by atoms with Crippen LogP contribution in [-0.2, 0) is 0 Å². The lowest BCUT2D eigenvalue weighted by Crippen LogP contribution is -2.37. The number of hydrogen-bond acceptors (Lipinski definition) is 4. The molecule has 0 saturated carbocycles. The molecule has 5 nitrogen and oxygen atoms in total. The van der Waals surface area contributed by atoms with E-state index < -0.39 is 0 Å². The van der Waals surface area contributed by atoms with Crippen molar-refractivity contribution in [3.63, 3.8) is 0 Å². The molecule has 0 fully saturated rings. The van der Waals surface area contributed by atoms with E-state index in [4.69, 9.17) is 5.10 Å². The second kappa shape index (κ2) is 6.37. The zero-order valence-electron chi connectivity index (χ0n) is 16.1. The van der Waals surface area contributed by atoms with Gasteiger partial charge in [-0.05, 0) is 25.5 Å². The molecule has 5 heteroatoms. The van der Waals surface area contributed by atoms with Crippen molar-refractivity contribution in [1.82, 2.24) is 15.0 Å². The lowest BCUT2D eigenvalue weighted by Gasteiger charge is -2.39. The first-order valence-electron chi connectivity index (χ1n) is 9.64. The summed E-state index contributed by atoms with van der Waals surface area (Å²) in [6.45, 7) is 8.50. The van der Waals surface area contributed by atoms with Gasteiger partial charge >= 0.3 is 0 Å². The maximum absolute atomic E-state index is 4.78. The van der Waals surface area contributed by atoms with Crippen LogP contribution in [0.4, 0.5) is 5.69 Å². The monoisotopic (exact) mass is 369 g/mol. The van der Waals surface area contributed by atoms with Crippen molar-refractivity contribution in [2.75, 3.05) is 5.32 Å². The Bertz CT molecular complexity index is 1080. The molecular weight excluding hydrogens is 346 g/mol. The second-order valence-corrected chi connectivity index (χ2v) is 7.65.